The van der Waals surface area contributed by atoms with Crippen LogP contribution in [0.1, 0.15) is 13.3 Å². The van der Waals surface area contributed by atoms with Crippen LogP contribution in [0.3, 0.4) is 0 Å². The Kier molecular flexibility index (Phi) is 5.51. The second-order valence-corrected chi connectivity index (χ2v) is 4.78. The van der Waals surface area contributed by atoms with Gasteiger partial charge in [0, 0.05) is 37.2 Å². The SMILES string of the molecule is CCC1CN(C/C=C/CN)CCS1. The zero-order chi connectivity index (χ0) is 9.52. The van der Waals surface area contributed by atoms with E-state index in [4.69, 9.17) is 5.73 Å². The highest BCUT2D eigenvalue weighted by atomic mass is 32.2. The minimum atomic E-state index is 0.666. The first-order valence-electron chi connectivity index (χ1n) is 5.05. The average molecular weight is 200 g/mol. The molecule has 0 radical (unpaired) electrons. The summed E-state index contributed by atoms with van der Waals surface area (Å²) in [4.78, 5) is 2.51. The molecule has 2 N–H and O–H groups in total. The molecule has 2 nitrogen and oxygen atoms in total. The van der Waals surface area contributed by atoms with Crippen molar-refractivity contribution in [2.45, 2.75) is 18.6 Å². The van der Waals surface area contributed by atoms with Crippen molar-refractivity contribution < 1.29 is 0 Å². The Labute approximate surface area is 85.6 Å². The van der Waals surface area contributed by atoms with Crippen LogP contribution in [0, 0.1) is 0 Å². The molecule has 1 rings (SSSR count). The van der Waals surface area contributed by atoms with Crippen LogP contribution in [0.25, 0.3) is 0 Å². The van der Waals surface area contributed by atoms with Crippen molar-refractivity contribution in [3.05, 3.63) is 12.2 Å². The third-order valence-corrected chi connectivity index (χ3v) is 3.72. The van der Waals surface area contributed by atoms with E-state index in [1.165, 1.54) is 25.3 Å². The van der Waals surface area contributed by atoms with Crippen molar-refractivity contribution >= 4 is 11.8 Å². The lowest BCUT2D eigenvalue weighted by atomic mass is 10.3. The quantitative estimate of drug-likeness (QED) is 0.694. The standard InChI is InChI=1S/C10H20N2S/c1-2-10-9-12(7-8-13-10)6-4-3-5-11/h3-4,10H,2,5-9,11H2,1H3/b4-3+. The van der Waals surface area contributed by atoms with Crippen molar-refractivity contribution in [2.75, 3.05) is 31.9 Å². The molecule has 1 aliphatic heterocycles. The van der Waals surface area contributed by atoms with Crippen LogP contribution < -0.4 is 5.73 Å². The zero-order valence-electron chi connectivity index (χ0n) is 8.41. The van der Waals surface area contributed by atoms with E-state index in [9.17, 15) is 0 Å². The van der Waals surface area contributed by atoms with Gasteiger partial charge in [0.15, 0.2) is 0 Å². The fourth-order valence-corrected chi connectivity index (χ4v) is 2.76. The summed E-state index contributed by atoms with van der Waals surface area (Å²) in [6.45, 7) is 6.50. The van der Waals surface area contributed by atoms with Gasteiger partial charge in [-0.05, 0) is 6.42 Å². The predicted molar refractivity (Wildman–Crippen MR) is 61.2 cm³/mol. The zero-order valence-corrected chi connectivity index (χ0v) is 9.22. The van der Waals surface area contributed by atoms with E-state index < -0.39 is 0 Å². The van der Waals surface area contributed by atoms with Gasteiger partial charge in [-0.2, -0.15) is 11.8 Å². The Morgan fingerprint density at radius 2 is 2.38 bits per heavy atom. The van der Waals surface area contributed by atoms with E-state index in [1.54, 1.807) is 0 Å². The normalized spacial score (nSPS) is 25.5. The maximum atomic E-state index is 5.39. The fraction of sp³-hybridized carbons (Fsp3) is 0.800. The third-order valence-electron chi connectivity index (χ3n) is 2.34. The molecule has 0 aromatic rings. The maximum absolute atomic E-state index is 5.39. The van der Waals surface area contributed by atoms with E-state index in [2.05, 4.69) is 29.7 Å². The molecule has 1 unspecified atom stereocenters. The summed E-state index contributed by atoms with van der Waals surface area (Å²) in [5.41, 5.74) is 5.39. The van der Waals surface area contributed by atoms with E-state index >= 15 is 0 Å². The molecule has 0 aromatic carbocycles. The lowest BCUT2D eigenvalue weighted by molar-refractivity contribution is 0.310. The molecule has 1 aliphatic rings. The number of rotatable bonds is 4. The van der Waals surface area contributed by atoms with E-state index in [0.717, 1.165) is 11.8 Å². The second kappa shape index (κ2) is 6.46. The van der Waals surface area contributed by atoms with Gasteiger partial charge in [-0.3, -0.25) is 4.90 Å². The van der Waals surface area contributed by atoms with Crippen LogP contribution in [0.15, 0.2) is 12.2 Å². The largest absolute Gasteiger partial charge is 0.327 e. The molecule has 1 atom stereocenters. The Morgan fingerprint density at radius 1 is 1.54 bits per heavy atom. The fourth-order valence-electron chi connectivity index (χ4n) is 1.51. The second-order valence-electron chi connectivity index (χ2n) is 3.37. The van der Waals surface area contributed by atoms with Crippen molar-refractivity contribution in [3.63, 3.8) is 0 Å². The lowest BCUT2D eigenvalue weighted by Crippen LogP contribution is -2.37. The molecule has 0 aromatic heterocycles. The number of nitrogens with two attached hydrogens (primary N) is 1. The molecule has 0 amide bonds. The summed E-state index contributed by atoms with van der Waals surface area (Å²) in [6, 6.07) is 0. The summed E-state index contributed by atoms with van der Waals surface area (Å²) >= 11 is 2.12. The molecule has 0 bridgehead atoms. The van der Waals surface area contributed by atoms with Gasteiger partial charge in [0.25, 0.3) is 0 Å². The van der Waals surface area contributed by atoms with Gasteiger partial charge in [-0.1, -0.05) is 19.1 Å². The number of nitrogens with zero attached hydrogens (tertiary/aromatic N) is 1. The van der Waals surface area contributed by atoms with Crippen LogP contribution >= 0.6 is 11.8 Å². The predicted octanol–water partition coefficient (Wildman–Crippen LogP) is 1.33. The highest BCUT2D eigenvalue weighted by Gasteiger charge is 2.17. The summed E-state index contributed by atoms with van der Waals surface area (Å²) < 4.78 is 0. The van der Waals surface area contributed by atoms with Crippen LogP contribution in [-0.4, -0.2) is 42.1 Å². The summed E-state index contributed by atoms with van der Waals surface area (Å²) in [7, 11) is 0. The highest BCUT2D eigenvalue weighted by Crippen LogP contribution is 2.20. The van der Waals surface area contributed by atoms with Gasteiger partial charge in [0.05, 0.1) is 0 Å². The lowest BCUT2D eigenvalue weighted by Gasteiger charge is -2.30. The van der Waals surface area contributed by atoms with Crippen LogP contribution in [0.4, 0.5) is 0 Å². The Morgan fingerprint density at radius 3 is 3.08 bits per heavy atom. The van der Waals surface area contributed by atoms with Crippen molar-refractivity contribution in [3.8, 4) is 0 Å². The molecule has 1 heterocycles. The molecule has 0 spiro atoms. The summed E-state index contributed by atoms with van der Waals surface area (Å²) in [6.07, 6.45) is 5.52. The first-order chi connectivity index (χ1) is 6.36. The minimum absolute atomic E-state index is 0.666. The first-order valence-corrected chi connectivity index (χ1v) is 6.10. The third kappa shape index (κ3) is 4.16. The molecule has 0 aliphatic carbocycles. The van der Waals surface area contributed by atoms with E-state index in [-0.39, 0.29) is 0 Å². The minimum Gasteiger partial charge on any atom is -0.327 e. The number of thioether (sulfide) groups is 1. The topological polar surface area (TPSA) is 29.3 Å². The number of hydrogen-bond acceptors (Lipinski definition) is 3. The van der Waals surface area contributed by atoms with Gasteiger partial charge in [-0.25, -0.2) is 0 Å². The van der Waals surface area contributed by atoms with Gasteiger partial charge < -0.3 is 5.73 Å². The molecule has 76 valence electrons. The smallest absolute Gasteiger partial charge is 0.0172 e. The molecule has 1 saturated heterocycles. The van der Waals surface area contributed by atoms with Crippen LogP contribution in [-0.2, 0) is 0 Å². The molecule has 0 saturated carbocycles. The Bertz CT molecular complexity index is 159. The average Bonchev–Trinajstić information content (AvgIpc) is 2.19. The molecule has 3 heteroatoms. The first kappa shape index (κ1) is 11.1. The van der Waals surface area contributed by atoms with Crippen molar-refractivity contribution in [2.24, 2.45) is 5.73 Å². The number of hydrogen-bond donors (Lipinski definition) is 1. The van der Waals surface area contributed by atoms with Gasteiger partial charge in [0.2, 0.25) is 0 Å². The van der Waals surface area contributed by atoms with Gasteiger partial charge in [0.1, 0.15) is 0 Å². The molecule has 13 heavy (non-hydrogen) atoms. The maximum Gasteiger partial charge on any atom is 0.0172 e. The monoisotopic (exact) mass is 200 g/mol. The Hall–Kier alpha value is 0.01000. The summed E-state index contributed by atoms with van der Waals surface area (Å²) in [5.74, 6) is 1.29. The van der Waals surface area contributed by atoms with Crippen molar-refractivity contribution in [1.82, 2.24) is 4.90 Å². The van der Waals surface area contributed by atoms with Gasteiger partial charge >= 0.3 is 0 Å². The van der Waals surface area contributed by atoms with Crippen LogP contribution in [0.5, 0.6) is 0 Å². The Balaban J connectivity index is 2.21. The van der Waals surface area contributed by atoms with E-state index in [0.29, 0.717) is 6.54 Å². The van der Waals surface area contributed by atoms with Crippen LogP contribution in [0.2, 0.25) is 0 Å². The molecule has 1 fully saturated rings. The summed E-state index contributed by atoms with van der Waals surface area (Å²) in [5, 5.41) is 0.847. The van der Waals surface area contributed by atoms with Gasteiger partial charge in [-0.15, -0.1) is 0 Å². The molecular weight excluding hydrogens is 180 g/mol. The molecular formula is C10H20N2S. The van der Waals surface area contributed by atoms with Crippen molar-refractivity contribution in [1.29, 1.82) is 0 Å². The highest BCUT2D eigenvalue weighted by molar-refractivity contribution is 8.00. The van der Waals surface area contributed by atoms with E-state index in [1.807, 2.05) is 6.08 Å².